The van der Waals surface area contributed by atoms with Crippen LogP contribution in [0.3, 0.4) is 0 Å². The van der Waals surface area contributed by atoms with E-state index in [2.05, 4.69) is 6.07 Å². The maximum Gasteiger partial charge on any atom is 0.242 e. The third-order valence-electron chi connectivity index (χ3n) is 3.38. The van der Waals surface area contributed by atoms with E-state index in [1.54, 1.807) is 0 Å². The Bertz CT molecular complexity index is 538. The SMILES string of the molecule is O=C(Cn1ccc2c[c]ccc21)N1CCCC1. The molecular weight excluding hydrogens is 212 g/mol. The summed E-state index contributed by atoms with van der Waals surface area (Å²) in [5.41, 5.74) is 1.11. The molecule has 1 aromatic carbocycles. The second-order valence-electron chi connectivity index (χ2n) is 4.52. The maximum absolute atomic E-state index is 12.1. The average molecular weight is 227 g/mol. The van der Waals surface area contributed by atoms with Crippen LogP contribution < -0.4 is 0 Å². The van der Waals surface area contributed by atoms with Gasteiger partial charge in [-0.3, -0.25) is 4.79 Å². The Kier molecular flexibility index (Phi) is 2.59. The van der Waals surface area contributed by atoms with Crippen molar-refractivity contribution in [2.24, 2.45) is 0 Å². The Morgan fingerprint density at radius 1 is 1.29 bits per heavy atom. The summed E-state index contributed by atoms with van der Waals surface area (Å²) >= 11 is 0. The minimum absolute atomic E-state index is 0.229. The zero-order chi connectivity index (χ0) is 11.7. The van der Waals surface area contributed by atoms with Gasteiger partial charge in [0.1, 0.15) is 6.54 Å². The van der Waals surface area contributed by atoms with Gasteiger partial charge in [-0.25, -0.2) is 0 Å². The van der Waals surface area contributed by atoms with Gasteiger partial charge in [0.2, 0.25) is 5.91 Å². The highest BCUT2D eigenvalue weighted by Crippen LogP contribution is 2.16. The van der Waals surface area contributed by atoms with Crippen LogP contribution in [0.5, 0.6) is 0 Å². The number of hydrogen-bond donors (Lipinski definition) is 0. The molecule has 0 bridgehead atoms. The molecule has 17 heavy (non-hydrogen) atoms. The van der Waals surface area contributed by atoms with Crippen LogP contribution >= 0.6 is 0 Å². The van der Waals surface area contributed by atoms with Crippen molar-refractivity contribution in [3.63, 3.8) is 0 Å². The molecule has 1 amide bonds. The lowest BCUT2D eigenvalue weighted by Crippen LogP contribution is -2.30. The fraction of sp³-hybridized carbons (Fsp3) is 0.357. The van der Waals surface area contributed by atoms with E-state index in [1.165, 1.54) is 0 Å². The van der Waals surface area contributed by atoms with Gasteiger partial charge in [-0.1, -0.05) is 6.07 Å². The molecular formula is C14H15N2O. The molecule has 3 heteroatoms. The highest BCUT2D eigenvalue weighted by molar-refractivity contribution is 5.83. The summed E-state index contributed by atoms with van der Waals surface area (Å²) in [7, 11) is 0. The monoisotopic (exact) mass is 227 g/mol. The number of benzene rings is 1. The van der Waals surface area contributed by atoms with Gasteiger partial charge >= 0.3 is 0 Å². The van der Waals surface area contributed by atoms with Crippen molar-refractivity contribution >= 4 is 16.8 Å². The molecule has 0 unspecified atom stereocenters. The molecule has 0 saturated carbocycles. The van der Waals surface area contributed by atoms with Gasteiger partial charge in [-0.15, -0.1) is 0 Å². The van der Waals surface area contributed by atoms with Crippen molar-refractivity contribution in [1.29, 1.82) is 0 Å². The van der Waals surface area contributed by atoms with Crippen LogP contribution in [0.4, 0.5) is 0 Å². The fourth-order valence-electron chi connectivity index (χ4n) is 2.43. The topological polar surface area (TPSA) is 25.2 Å². The predicted octanol–water partition coefficient (Wildman–Crippen LogP) is 2.06. The summed E-state index contributed by atoms with van der Waals surface area (Å²) in [5, 5.41) is 1.14. The molecule has 1 fully saturated rings. The van der Waals surface area contributed by atoms with Crippen molar-refractivity contribution in [2.75, 3.05) is 13.1 Å². The first-order valence-corrected chi connectivity index (χ1v) is 6.07. The molecule has 1 aliphatic heterocycles. The number of fused-ring (bicyclic) bond motifs is 1. The Morgan fingerprint density at radius 3 is 2.94 bits per heavy atom. The molecule has 3 rings (SSSR count). The van der Waals surface area contributed by atoms with Gasteiger partial charge < -0.3 is 9.47 Å². The summed E-state index contributed by atoms with van der Waals surface area (Å²) in [5.74, 6) is 0.229. The summed E-state index contributed by atoms with van der Waals surface area (Å²) in [6.45, 7) is 2.30. The lowest BCUT2D eigenvalue weighted by atomic mass is 10.2. The molecule has 1 aromatic heterocycles. The van der Waals surface area contributed by atoms with E-state index < -0.39 is 0 Å². The predicted molar refractivity (Wildman–Crippen MR) is 66.6 cm³/mol. The van der Waals surface area contributed by atoms with Gasteiger partial charge in [-0.2, -0.15) is 0 Å². The summed E-state index contributed by atoms with van der Waals surface area (Å²) < 4.78 is 2.02. The van der Waals surface area contributed by atoms with E-state index in [0.717, 1.165) is 36.8 Å². The molecule has 0 aliphatic carbocycles. The Labute approximate surface area is 101 Å². The van der Waals surface area contributed by atoms with Crippen LogP contribution in [0.1, 0.15) is 12.8 Å². The summed E-state index contributed by atoms with van der Waals surface area (Å²) in [6.07, 6.45) is 4.27. The Hall–Kier alpha value is -1.77. The van der Waals surface area contributed by atoms with E-state index in [4.69, 9.17) is 0 Å². The standard InChI is InChI=1S/C14H15N2O/c17-14(15-8-3-4-9-15)11-16-10-7-12-5-1-2-6-13(12)16/h2,5-7,10H,3-4,8-9,11H2. The van der Waals surface area contributed by atoms with Crippen molar-refractivity contribution in [3.8, 4) is 0 Å². The number of carbonyl (C=O) groups is 1. The largest absolute Gasteiger partial charge is 0.341 e. The number of likely N-dealkylation sites (tertiary alicyclic amines) is 1. The highest BCUT2D eigenvalue weighted by Gasteiger charge is 2.18. The van der Waals surface area contributed by atoms with Crippen molar-refractivity contribution in [3.05, 3.63) is 36.5 Å². The third-order valence-corrected chi connectivity index (χ3v) is 3.38. The van der Waals surface area contributed by atoms with E-state index >= 15 is 0 Å². The zero-order valence-corrected chi connectivity index (χ0v) is 9.72. The highest BCUT2D eigenvalue weighted by atomic mass is 16.2. The first kappa shape index (κ1) is 10.4. The number of hydrogen-bond acceptors (Lipinski definition) is 1. The maximum atomic E-state index is 12.1. The molecule has 1 aliphatic rings. The van der Waals surface area contributed by atoms with Gasteiger partial charge in [0.15, 0.2) is 0 Å². The van der Waals surface area contributed by atoms with Gasteiger partial charge in [0, 0.05) is 30.2 Å². The Morgan fingerprint density at radius 2 is 2.12 bits per heavy atom. The first-order valence-electron chi connectivity index (χ1n) is 6.07. The van der Waals surface area contributed by atoms with Crippen molar-refractivity contribution < 1.29 is 4.79 Å². The van der Waals surface area contributed by atoms with E-state index in [0.29, 0.717) is 6.54 Å². The first-order chi connectivity index (χ1) is 8.34. The number of amides is 1. The molecule has 87 valence electrons. The zero-order valence-electron chi connectivity index (χ0n) is 9.72. The molecule has 0 spiro atoms. The van der Waals surface area contributed by atoms with E-state index in [1.807, 2.05) is 39.9 Å². The smallest absolute Gasteiger partial charge is 0.242 e. The van der Waals surface area contributed by atoms with Crippen molar-refractivity contribution in [1.82, 2.24) is 9.47 Å². The number of carbonyl (C=O) groups excluding carboxylic acids is 1. The number of rotatable bonds is 2. The van der Waals surface area contributed by atoms with Crippen LogP contribution in [0.15, 0.2) is 30.5 Å². The van der Waals surface area contributed by atoms with Crippen LogP contribution in [0.2, 0.25) is 0 Å². The molecule has 0 N–H and O–H groups in total. The summed E-state index contributed by atoms with van der Waals surface area (Å²) in [6, 6.07) is 10.9. The molecule has 1 saturated heterocycles. The fourth-order valence-corrected chi connectivity index (χ4v) is 2.43. The third kappa shape index (κ3) is 1.93. The normalized spacial score (nSPS) is 15.6. The molecule has 2 heterocycles. The quantitative estimate of drug-likeness (QED) is 0.771. The van der Waals surface area contributed by atoms with Gasteiger partial charge in [0.25, 0.3) is 0 Å². The van der Waals surface area contributed by atoms with Gasteiger partial charge in [-0.05, 0) is 37.1 Å². The second-order valence-corrected chi connectivity index (χ2v) is 4.52. The minimum atomic E-state index is 0.229. The van der Waals surface area contributed by atoms with Crippen LogP contribution in [0.25, 0.3) is 10.9 Å². The second kappa shape index (κ2) is 4.24. The molecule has 0 atom stereocenters. The van der Waals surface area contributed by atoms with Crippen LogP contribution in [0, 0.1) is 6.07 Å². The number of aromatic nitrogens is 1. The van der Waals surface area contributed by atoms with Crippen LogP contribution in [-0.4, -0.2) is 28.5 Å². The van der Waals surface area contributed by atoms with Gasteiger partial charge in [0.05, 0.1) is 0 Å². The lowest BCUT2D eigenvalue weighted by Gasteiger charge is -2.15. The molecule has 1 radical (unpaired) electrons. The summed E-state index contributed by atoms with van der Waals surface area (Å²) in [4.78, 5) is 14.0. The minimum Gasteiger partial charge on any atom is -0.341 e. The van der Waals surface area contributed by atoms with Crippen LogP contribution in [-0.2, 0) is 11.3 Å². The lowest BCUT2D eigenvalue weighted by molar-refractivity contribution is -0.130. The van der Waals surface area contributed by atoms with Crippen molar-refractivity contribution in [2.45, 2.75) is 19.4 Å². The molecule has 2 aromatic rings. The molecule has 3 nitrogen and oxygen atoms in total. The van der Waals surface area contributed by atoms with E-state index in [9.17, 15) is 4.79 Å². The Balaban J connectivity index is 1.82. The van der Waals surface area contributed by atoms with E-state index in [-0.39, 0.29) is 5.91 Å². The number of nitrogens with zero attached hydrogens (tertiary/aromatic N) is 2. The average Bonchev–Trinajstić information content (AvgIpc) is 2.98.